The van der Waals surface area contributed by atoms with Crippen LogP contribution in [0.1, 0.15) is 40.0 Å². The molecule has 66 valence electrons. The molecule has 0 radical (unpaired) electrons. The molecule has 0 atom stereocenters. The number of hydrogen-bond acceptors (Lipinski definition) is 1. The van der Waals surface area contributed by atoms with E-state index in [4.69, 9.17) is 0 Å². The van der Waals surface area contributed by atoms with Crippen LogP contribution in [-0.4, -0.2) is 13.0 Å². The van der Waals surface area contributed by atoms with E-state index in [2.05, 4.69) is 12.2 Å². The van der Waals surface area contributed by atoms with Gasteiger partial charge < -0.3 is 5.32 Å². The van der Waals surface area contributed by atoms with Crippen LogP contribution in [0.3, 0.4) is 0 Å². The molecule has 2 nitrogen and oxygen atoms in total. The largest absolute Gasteiger partial charge is 0.359 e. The van der Waals surface area contributed by atoms with Crippen LogP contribution in [0.4, 0.5) is 0 Å². The molecule has 1 N–H and O–H groups in total. The molecule has 1 aliphatic rings. The molecule has 0 spiro atoms. The molecular weight excluding hydrogens is 138 g/mol. The summed E-state index contributed by atoms with van der Waals surface area (Å²) >= 11 is 0. The van der Waals surface area contributed by atoms with E-state index in [1.54, 1.807) is 7.05 Å². The summed E-state index contributed by atoms with van der Waals surface area (Å²) in [5.74, 6) is 0.227. The topological polar surface area (TPSA) is 29.1 Å². The van der Waals surface area contributed by atoms with Crippen LogP contribution in [-0.2, 0) is 4.79 Å². The minimum Gasteiger partial charge on any atom is -0.359 e. The predicted octanol–water partition coefficient (Wildman–Crippen LogP) is 1.95. The lowest BCUT2D eigenvalue weighted by molar-refractivity contribution is -0.125. The zero-order valence-corrected chi connectivity index (χ0v) is 8.03. The molecule has 1 fully saturated rings. The van der Waals surface area contributed by atoms with Crippen molar-refractivity contribution in [3.8, 4) is 0 Å². The third kappa shape index (κ3) is 2.21. The first-order valence-electron chi connectivity index (χ1n) is 4.47. The Morgan fingerprint density at radius 3 is 2.00 bits per heavy atom. The van der Waals surface area contributed by atoms with Gasteiger partial charge in [0.1, 0.15) is 0 Å². The van der Waals surface area contributed by atoms with Crippen molar-refractivity contribution in [2.75, 3.05) is 7.05 Å². The molecule has 1 saturated carbocycles. The lowest BCUT2D eigenvalue weighted by atomic mass is 10.0. The van der Waals surface area contributed by atoms with Gasteiger partial charge in [0.05, 0.1) is 0 Å². The molecule has 0 saturated heterocycles. The predicted molar refractivity (Wildman–Crippen MR) is 47.4 cm³/mol. The van der Waals surface area contributed by atoms with Crippen LogP contribution in [0.25, 0.3) is 0 Å². The fraction of sp³-hybridized carbons (Fsp3) is 0.889. The van der Waals surface area contributed by atoms with Gasteiger partial charge >= 0.3 is 0 Å². The summed E-state index contributed by atoms with van der Waals surface area (Å²) in [7, 11) is 1.71. The second-order valence-corrected chi connectivity index (χ2v) is 2.71. The first-order chi connectivity index (χ1) is 5.25. The summed E-state index contributed by atoms with van der Waals surface area (Å²) in [5, 5.41) is 2.68. The number of amides is 1. The molecule has 0 aliphatic heterocycles. The zero-order chi connectivity index (χ0) is 8.91. The number of hydrogen-bond donors (Lipinski definition) is 1. The molecule has 0 unspecified atom stereocenters. The van der Waals surface area contributed by atoms with Crippen LogP contribution in [0.2, 0.25) is 0 Å². The molecule has 2 heteroatoms. The number of rotatable bonds is 2. The van der Waals surface area contributed by atoms with E-state index in [0.29, 0.717) is 0 Å². The van der Waals surface area contributed by atoms with Gasteiger partial charge in [-0.25, -0.2) is 0 Å². The third-order valence-electron chi connectivity index (χ3n) is 2.24. The van der Waals surface area contributed by atoms with Gasteiger partial charge in [-0.15, -0.1) is 0 Å². The zero-order valence-electron chi connectivity index (χ0n) is 8.03. The Balaban J connectivity index is 0.000000461. The van der Waals surface area contributed by atoms with Gasteiger partial charge in [-0.05, 0) is 19.3 Å². The van der Waals surface area contributed by atoms with Crippen molar-refractivity contribution in [3.05, 3.63) is 0 Å². The Kier molecular flexibility index (Phi) is 4.16. The summed E-state index contributed by atoms with van der Waals surface area (Å²) in [4.78, 5) is 11.0. The SMILES string of the molecule is CC.CCC1(C(=O)NC)CC1. The van der Waals surface area contributed by atoms with Crippen molar-refractivity contribution in [1.29, 1.82) is 0 Å². The molecule has 11 heavy (non-hydrogen) atoms. The fourth-order valence-corrected chi connectivity index (χ4v) is 1.16. The summed E-state index contributed by atoms with van der Waals surface area (Å²) < 4.78 is 0. The summed E-state index contributed by atoms with van der Waals surface area (Å²) in [6.07, 6.45) is 3.17. The fourth-order valence-electron chi connectivity index (χ4n) is 1.16. The summed E-state index contributed by atoms with van der Waals surface area (Å²) in [5.41, 5.74) is 0.0503. The van der Waals surface area contributed by atoms with E-state index < -0.39 is 0 Å². The second kappa shape index (κ2) is 4.37. The highest BCUT2D eigenvalue weighted by Gasteiger charge is 2.47. The van der Waals surface area contributed by atoms with Gasteiger partial charge in [0.25, 0.3) is 0 Å². The Morgan fingerprint density at radius 1 is 1.45 bits per heavy atom. The maximum atomic E-state index is 11.0. The molecule has 1 rings (SSSR count). The molecule has 1 aliphatic carbocycles. The summed E-state index contributed by atoms with van der Waals surface area (Å²) in [6, 6.07) is 0. The highest BCUT2D eigenvalue weighted by atomic mass is 16.2. The monoisotopic (exact) mass is 157 g/mol. The number of carbonyl (C=O) groups is 1. The van der Waals surface area contributed by atoms with Crippen LogP contribution in [0.5, 0.6) is 0 Å². The minimum absolute atomic E-state index is 0.0503. The Bertz CT molecular complexity index is 128. The Labute approximate surface area is 69.4 Å². The van der Waals surface area contributed by atoms with Gasteiger partial charge in [0, 0.05) is 12.5 Å². The minimum atomic E-state index is 0.0503. The highest BCUT2D eigenvalue weighted by Crippen LogP contribution is 2.48. The van der Waals surface area contributed by atoms with Crippen molar-refractivity contribution in [2.45, 2.75) is 40.0 Å². The number of carbonyl (C=O) groups excluding carboxylic acids is 1. The van der Waals surface area contributed by atoms with Crippen LogP contribution >= 0.6 is 0 Å². The van der Waals surface area contributed by atoms with Gasteiger partial charge in [-0.1, -0.05) is 20.8 Å². The van der Waals surface area contributed by atoms with Crippen LogP contribution in [0.15, 0.2) is 0 Å². The average Bonchev–Trinajstić information content (AvgIpc) is 2.87. The molecule has 1 amide bonds. The van der Waals surface area contributed by atoms with Crippen LogP contribution in [0, 0.1) is 5.41 Å². The van der Waals surface area contributed by atoms with Crippen molar-refractivity contribution >= 4 is 5.91 Å². The van der Waals surface area contributed by atoms with E-state index in [0.717, 1.165) is 19.3 Å². The quantitative estimate of drug-likeness (QED) is 0.652. The third-order valence-corrected chi connectivity index (χ3v) is 2.24. The summed E-state index contributed by atoms with van der Waals surface area (Å²) in [6.45, 7) is 6.07. The first-order valence-corrected chi connectivity index (χ1v) is 4.47. The van der Waals surface area contributed by atoms with Gasteiger partial charge in [-0.3, -0.25) is 4.79 Å². The molecule has 0 aromatic heterocycles. The molecule has 0 bridgehead atoms. The normalized spacial score (nSPS) is 17.8. The highest BCUT2D eigenvalue weighted by molar-refractivity contribution is 5.84. The van der Waals surface area contributed by atoms with Gasteiger partial charge in [-0.2, -0.15) is 0 Å². The first kappa shape index (κ1) is 10.5. The van der Waals surface area contributed by atoms with E-state index >= 15 is 0 Å². The van der Waals surface area contributed by atoms with E-state index in [1.807, 2.05) is 13.8 Å². The molecule has 0 aromatic carbocycles. The molecular formula is C9H19NO. The van der Waals surface area contributed by atoms with E-state index in [1.165, 1.54) is 0 Å². The lowest BCUT2D eigenvalue weighted by Crippen LogP contribution is -2.27. The van der Waals surface area contributed by atoms with Crippen molar-refractivity contribution < 1.29 is 4.79 Å². The van der Waals surface area contributed by atoms with E-state index in [9.17, 15) is 4.79 Å². The lowest BCUT2D eigenvalue weighted by Gasteiger charge is -2.08. The molecule has 0 aromatic rings. The second-order valence-electron chi connectivity index (χ2n) is 2.71. The van der Waals surface area contributed by atoms with Crippen molar-refractivity contribution in [3.63, 3.8) is 0 Å². The number of nitrogens with one attached hydrogen (secondary N) is 1. The van der Waals surface area contributed by atoms with Crippen molar-refractivity contribution in [2.24, 2.45) is 5.41 Å². The van der Waals surface area contributed by atoms with Crippen LogP contribution < -0.4 is 5.32 Å². The Hall–Kier alpha value is -0.530. The smallest absolute Gasteiger partial charge is 0.225 e. The standard InChI is InChI=1S/C7H13NO.C2H6/c1-3-7(4-5-7)6(9)8-2;1-2/h3-5H2,1-2H3,(H,8,9);1-2H3. The van der Waals surface area contributed by atoms with Gasteiger partial charge in [0.2, 0.25) is 5.91 Å². The maximum Gasteiger partial charge on any atom is 0.225 e. The average molecular weight is 157 g/mol. The van der Waals surface area contributed by atoms with E-state index in [-0.39, 0.29) is 11.3 Å². The maximum absolute atomic E-state index is 11.0. The molecule has 0 heterocycles. The van der Waals surface area contributed by atoms with Gasteiger partial charge in [0.15, 0.2) is 0 Å². The van der Waals surface area contributed by atoms with Crippen molar-refractivity contribution in [1.82, 2.24) is 5.32 Å². The Morgan fingerprint density at radius 2 is 1.91 bits per heavy atom.